The van der Waals surface area contributed by atoms with Crippen molar-refractivity contribution in [2.75, 3.05) is 13.1 Å². The van der Waals surface area contributed by atoms with E-state index in [1.165, 1.54) is 10.6 Å². The molecule has 0 aliphatic carbocycles. The molecule has 0 amide bonds. The number of rotatable bonds is 2. The van der Waals surface area contributed by atoms with Crippen LogP contribution in [0.15, 0.2) is 15.7 Å². The van der Waals surface area contributed by atoms with E-state index in [0.29, 0.717) is 12.5 Å². The zero-order valence-electron chi connectivity index (χ0n) is 8.83. The zero-order valence-corrected chi connectivity index (χ0v) is 9.59. The van der Waals surface area contributed by atoms with Crippen molar-refractivity contribution in [3.63, 3.8) is 0 Å². The van der Waals surface area contributed by atoms with E-state index in [4.69, 9.17) is 11.6 Å². The van der Waals surface area contributed by atoms with Crippen molar-refractivity contribution >= 4 is 11.6 Å². The van der Waals surface area contributed by atoms with Crippen LogP contribution in [0, 0.1) is 5.92 Å². The molecule has 16 heavy (non-hydrogen) atoms. The van der Waals surface area contributed by atoms with Gasteiger partial charge in [-0.2, -0.15) is 0 Å². The van der Waals surface area contributed by atoms with Gasteiger partial charge in [0.2, 0.25) is 0 Å². The van der Waals surface area contributed by atoms with Gasteiger partial charge in [0.05, 0.1) is 0 Å². The molecule has 88 valence electrons. The lowest BCUT2D eigenvalue weighted by Crippen LogP contribution is -2.37. The van der Waals surface area contributed by atoms with Gasteiger partial charge >= 0.3 is 5.69 Å². The average molecular weight is 244 g/mol. The van der Waals surface area contributed by atoms with Gasteiger partial charge in [-0.1, -0.05) is 11.6 Å². The molecule has 6 heteroatoms. The molecule has 1 aromatic heterocycles. The number of H-pyrrole nitrogens is 1. The van der Waals surface area contributed by atoms with E-state index >= 15 is 0 Å². The van der Waals surface area contributed by atoms with E-state index in [2.05, 4.69) is 10.3 Å². The molecule has 0 saturated carbocycles. The van der Waals surface area contributed by atoms with Gasteiger partial charge in [-0.15, -0.1) is 0 Å². The summed E-state index contributed by atoms with van der Waals surface area (Å²) in [6.07, 6.45) is 2.19. The zero-order chi connectivity index (χ0) is 11.5. The Hall–Kier alpha value is -1.07. The van der Waals surface area contributed by atoms with Gasteiger partial charge < -0.3 is 5.32 Å². The maximum absolute atomic E-state index is 11.5. The molecule has 1 aromatic rings. The smallest absolute Gasteiger partial charge is 0.316 e. The molecule has 2 heterocycles. The standard InChI is InChI=1S/C10H14ClN3O2/c11-8-4-9(15)13-10(16)14(8)6-7-2-1-3-12-5-7/h4,7,12H,1-3,5-6H2,(H,13,15,16)/t7-/m1/s1. The maximum Gasteiger partial charge on any atom is 0.329 e. The molecule has 2 N–H and O–H groups in total. The third kappa shape index (κ3) is 2.54. The second-order valence-electron chi connectivity index (χ2n) is 4.08. The lowest BCUT2D eigenvalue weighted by molar-refractivity contribution is 0.332. The normalized spacial score (nSPS) is 20.9. The van der Waals surface area contributed by atoms with Crippen LogP contribution in [-0.2, 0) is 6.54 Å². The van der Waals surface area contributed by atoms with Crippen LogP contribution in [0.2, 0.25) is 5.15 Å². The highest BCUT2D eigenvalue weighted by atomic mass is 35.5. The maximum atomic E-state index is 11.5. The molecule has 1 saturated heterocycles. The molecule has 1 aliphatic rings. The molecule has 1 fully saturated rings. The number of piperidine rings is 1. The van der Waals surface area contributed by atoms with Gasteiger partial charge in [-0.3, -0.25) is 14.3 Å². The minimum atomic E-state index is -0.451. The molecule has 2 rings (SSSR count). The van der Waals surface area contributed by atoms with Crippen molar-refractivity contribution in [1.82, 2.24) is 14.9 Å². The van der Waals surface area contributed by atoms with E-state index in [1.807, 2.05) is 0 Å². The van der Waals surface area contributed by atoms with Gasteiger partial charge in [0.25, 0.3) is 5.56 Å². The van der Waals surface area contributed by atoms with Crippen molar-refractivity contribution in [3.05, 3.63) is 32.1 Å². The number of nitrogens with one attached hydrogen (secondary N) is 2. The third-order valence-electron chi connectivity index (χ3n) is 2.82. The molecule has 0 aromatic carbocycles. The lowest BCUT2D eigenvalue weighted by atomic mass is 10.00. The molecular formula is C10H14ClN3O2. The van der Waals surface area contributed by atoms with Gasteiger partial charge in [-0.25, -0.2) is 4.79 Å². The molecule has 0 bridgehead atoms. The highest BCUT2D eigenvalue weighted by Crippen LogP contribution is 2.13. The van der Waals surface area contributed by atoms with Crippen LogP contribution < -0.4 is 16.6 Å². The van der Waals surface area contributed by atoms with Crippen molar-refractivity contribution < 1.29 is 0 Å². The average Bonchev–Trinajstić information content (AvgIpc) is 2.25. The number of hydrogen-bond acceptors (Lipinski definition) is 3. The van der Waals surface area contributed by atoms with Gasteiger partial charge in [0.15, 0.2) is 0 Å². The van der Waals surface area contributed by atoms with Crippen molar-refractivity contribution in [2.24, 2.45) is 5.92 Å². The largest absolute Gasteiger partial charge is 0.329 e. The van der Waals surface area contributed by atoms with Crippen LogP contribution >= 0.6 is 11.6 Å². The summed E-state index contributed by atoms with van der Waals surface area (Å²) in [5.74, 6) is 0.398. The summed E-state index contributed by atoms with van der Waals surface area (Å²) in [6, 6.07) is 1.24. The predicted molar refractivity (Wildman–Crippen MR) is 61.9 cm³/mol. The number of aromatic amines is 1. The fourth-order valence-corrected chi connectivity index (χ4v) is 2.25. The second-order valence-corrected chi connectivity index (χ2v) is 4.47. The number of halogens is 1. The SMILES string of the molecule is O=c1cc(Cl)n(C[C@@H]2CCCNC2)c(=O)[nH]1. The first-order valence-electron chi connectivity index (χ1n) is 5.37. The number of hydrogen-bond donors (Lipinski definition) is 2. The fourth-order valence-electron chi connectivity index (χ4n) is 2.00. The highest BCUT2D eigenvalue weighted by Gasteiger charge is 2.15. The Balaban J connectivity index is 2.20. The van der Waals surface area contributed by atoms with Crippen LogP contribution in [-0.4, -0.2) is 22.6 Å². The predicted octanol–water partition coefficient (Wildman–Crippen LogP) is 0.190. The summed E-state index contributed by atoms with van der Waals surface area (Å²) >= 11 is 5.88. The molecule has 0 spiro atoms. The Labute approximate surface area is 97.4 Å². The summed E-state index contributed by atoms with van der Waals surface area (Å²) in [5, 5.41) is 3.48. The number of nitrogens with zero attached hydrogens (tertiary/aromatic N) is 1. The van der Waals surface area contributed by atoms with Crippen LogP contribution in [0.5, 0.6) is 0 Å². The van der Waals surface area contributed by atoms with E-state index < -0.39 is 11.2 Å². The Morgan fingerprint density at radius 3 is 2.94 bits per heavy atom. The molecule has 1 aliphatic heterocycles. The second kappa shape index (κ2) is 4.84. The van der Waals surface area contributed by atoms with Crippen LogP contribution in [0.3, 0.4) is 0 Å². The quantitative estimate of drug-likeness (QED) is 0.729. The first-order valence-corrected chi connectivity index (χ1v) is 5.75. The van der Waals surface area contributed by atoms with Gasteiger partial charge in [-0.05, 0) is 31.8 Å². The van der Waals surface area contributed by atoms with E-state index in [1.54, 1.807) is 0 Å². The highest BCUT2D eigenvalue weighted by molar-refractivity contribution is 6.29. The topological polar surface area (TPSA) is 66.9 Å². The van der Waals surface area contributed by atoms with Crippen LogP contribution in [0.25, 0.3) is 0 Å². The van der Waals surface area contributed by atoms with E-state index in [9.17, 15) is 9.59 Å². The number of aromatic nitrogens is 2. The van der Waals surface area contributed by atoms with E-state index in [-0.39, 0.29) is 5.15 Å². The van der Waals surface area contributed by atoms with Crippen molar-refractivity contribution in [3.8, 4) is 0 Å². The van der Waals surface area contributed by atoms with E-state index in [0.717, 1.165) is 25.9 Å². The first-order chi connectivity index (χ1) is 7.66. The molecule has 5 nitrogen and oxygen atoms in total. The summed E-state index contributed by atoms with van der Waals surface area (Å²) < 4.78 is 1.42. The van der Waals surface area contributed by atoms with Crippen molar-refractivity contribution in [1.29, 1.82) is 0 Å². The summed E-state index contributed by atoms with van der Waals surface area (Å²) in [4.78, 5) is 24.7. The van der Waals surface area contributed by atoms with Gasteiger partial charge in [0, 0.05) is 12.6 Å². The minimum absolute atomic E-state index is 0.208. The summed E-state index contributed by atoms with van der Waals surface area (Å²) in [5.41, 5.74) is -0.879. The Morgan fingerprint density at radius 1 is 1.50 bits per heavy atom. The van der Waals surface area contributed by atoms with Crippen LogP contribution in [0.4, 0.5) is 0 Å². The first kappa shape index (κ1) is 11.4. The summed E-state index contributed by atoms with van der Waals surface area (Å²) in [7, 11) is 0. The lowest BCUT2D eigenvalue weighted by Gasteiger charge is -2.23. The van der Waals surface area contributed by atoms with Crippen molar-refractivity contribution in [2.45, 2.75) is 19.4 Å². The fraction of sp³-hybridized carbons (Fsp3) is 0.600. The Bertz CT molecular complexity index is 474. The third-order valence-corrected chi connectivity index (χ3v) is 3.14. The molecule has 0 radical (unpaired) electrons. The molecule has 0 unspecified atom stereocenters. The Kier molecular flexibility index (Phi) is 3.46. The van der Waals surface area contributed by atoms with Crippen LogP contribution in [0.1, 0.15) is 12.8 Å². The van der Waals surface area contributed by atoms with Gasteiger partial charge in [0.1, 0.15) is 5.15 Å². The molecule has 1 atom stereocenters. The molecular weight excluding hydrogens is 230 g/mol. The minimum Gasteiger partial charge on any atom is -0.316 e. The monoisotopic (exact) mass is 243 g/mol. The summed E-state index contributed by atoms with van der Waals surface area (Å²) in [6.45, 7) is 2.48. The Morgan fingerprint density at radius 2 is 2.31 bits per heavy atom.